The molecule has 1 N–H and O–H groups in total. The summed E-state index contributed by atoms with van der Waals surface area (Å²) in [5.74, 6) is -1.66. The van der Waals surface area contributed by atoms with Crippen molar-refractivity contribution < 1.29 is 23.8 Å². The molecular formula is C15H11FO4. The largest absolute Gasteiger partial charge is 0.486 e. The number of hydrogen-bond acceptors (Lipinski definition) is 3. The molecule has 0 aliphatic carbocycles. The van der Waals surface area contributed by atoms with Crippen LogP contribution in [0.1, 0.15) is 26.3 Å². The third-order valence-electron chi connectivity index (χ3n) is 2.66. The average Bonchev–Trinajstić information content (AvgIpc) is 2.46. The van der Waals surface area contributed by atoms with Crippen LogP contribution in [-0.2, 0) is 6.61 Å². The number of aldehydes is 1. The van der Waals surface area contributed by atoms with Gasteiger partial charge in [0.15, 0.2) is 11.6 Å². The van der Waals surface area contributed by atoms with E-state index in [2.05, 4.69) is 0 Å². The zero-order chi connectivity index (χ0) is 14.5. The summed E-state index contributed by atoms with van der Waals surface area (Å²) >= 11 is 0. The Balaban J connectivity index is 2.10. The predicted molar refractivity (Wildman–Crippen MR) is 69.5 cm³/mol. The number of rotatable bonds is 5. The van der Waals surface area contributed by atoms with Crippen LogP contribution in [-0.4, -0.2) is 17.4 Å². The van der Waals surface area contributed by atoms with E-state index in [9.17, 15) is 14.0 Å². The molecule has 0 bridgehead atoms. The number of benzene rings is 2. The monoisotopic (exact) mass is 274 g/mol. The van der Waals surface area contributed by atoms with Crippen molar-refractivity contribution in [1.82, 2.24) is 0 Å². The average molecular weight is 274 g/mol. The fourth-order valence-corrected chi connectivity index (χ4v) is 1.66. The second-order valence-corrected chi connectivity index (χ2v) is 4.10. The van der Waals surface area contributed by atoms with Crippen LogP contribution in [0, 0.1) is 5.82 Å². The van der Waals surface area contributed by atoms with Crippen molar-refractivity contribution >= 4 is 12.3 Å². The normalized spacial score (nSPS) is 10.1. The molecular weight excluding hydrogens is 263 g/mol. The molecule has 5 heteroatoms. The Morgan fingerprint density at radius 2 is 2.05 bits per heavy atom. The highest BCUT2D eigenvalue weighted by molar-refractivity contribution is 5.87. The van der Waals surface area contributed by atoms with E-state index in [1.165, 1.54) is 24.3 Å². The van der Waals surface area contributed by atoms with E-state index in [0.29, 0.717) is 11.8 Å². The second kappa shape index (κ2) is 5.97. The topological polar surface area (TPSA) is 63.6 Å². The molecule has 0 spiro atoms. The Kier molecular flexibility index (Phi) is 4.10. The summed E-state index contributed by atoms with van der Waals surface area (Å²) in [6.45, 7) is 0.0402. The van der Waals surface area contributed by atoms with Gasteiger partial charge in [-0.25, -0.2) is 9.18 Å². The summed E-state index contributed by atoms with van der Waals surface area (Å²) < 4.78 is 18.8. The van der Waals surface area contributed by atoms with Crippen LogP contribution in [0.5, 0.6) is 5.75 Å². The lowest BCUT2D eigenvalue weighted by atomic mass is 10.1. The number of carbonyl (C=O) groups excluding carboxylic acids is 1. The highest BCUT2D eigenvalue weighted by Gasteiger charge is 2.07. The van der Waals surface area contributed by atoms with Crippen LogP contribution >= 0.6 is 0 Å². The van der Waals surface area contributed by atoms with E-state index in [4.69, 9.17) is 9.84 Å². The smallest absolute Gasteiger partial charge is 0.335 e. The summed E-state index contributed by atoms with van der Waals surface area (Å²) in [5, 5.41) is 8.86. The Morgan fingerprint density at radius 3 is 2.70 bits per heavy atom. The van der Waals surface area contributed by atoms with E-state index < -0.39 is 11.8 Å². The maximum atomic E-state index is 13.6. The molecule has 2 aromatic rings. The minimum absolute atomic E-state index is 0.0105. The number of carboxylic acid groups (broad SMARTS) is 1. The van der Waals surface area contributed by atoms with Gasteiger partial charge in [0.1, 0.15) is 12.9 Å². The van der Waals surface area contributed by atoms with Gasteiger partial charge in [0, 0.05) is 5.56 Å². The summed E-state index contributed by atoms with van der Waals surface area (Å²) in [7, 11) is 0. The Labute approximate surface area is 114 Å². The fraction of sp³-hybridized carbons (Fsp3) is 0.0667. The first-order valence-electron chi connectivity index (χ1n) is 5.80. The van der Waals surface area contributed by atoms with Crippen molar-refractivity contribution in [3.05, 3.63) is 65.0 Å². The van der Waals surface area contributed by atoms with Crippen LogP contribution in [0.25, 0.3) is 0 Å². The summed E-state index contributed by atoms with van der Waals surface area (Å²) in [6.07, 6.45) is 0.545. The number of carboxylic acids is 1. The van der Waals surface area contributed by atoms with Gasteiger partial charge in [-0.05, 0) is 35.9 Å². The SMILES string of the molecule is O=Cc1ccc(OCc2cccc(C(=O)O)c2)c(F)c1. The first-order chi connectivity index (χ1) is 9.60. The molecule has 20 heavy (non-hydrogen) atoms. The number of halogens is 1. The molecule has 0 radical (unpaired) electrons. The van der Waals surface area contributed by atoms with E-state index in [0.717, 1.165) is 6.07 Å². The van der Waals surface area contributed by atoms with E-state index >= 15 is 0 Å². The van der Waals surface area contributed by atoms with Gasteiger partial charge in [0.2, 0.25) is 0 Å². The van der Waals surface area contributed by atoms with Gasteiger partial charge in [-0.2, -0.15) is 0 Å². The number of aromatic carboxylic acids is 1. The van der Waals surface area contributed by atoms with Crippen molar-refractivity contribution in [2.24, 2.45) is 0 Å². The maximum Gasteiger partial charge on any atom is 0.335 e. The van der Waals surface area contributed by atoms with Crippen LogP contribution in [0.3, 0.4) is 0 Å². The Bertz CT molecular complexity index is 652. The lowest BCUT2D eigenvalue weighted by Gasteiger charge is -2.08. The zero-order valence-electron chi connectivity index (χ0n) is 10.4. The minimum atomic E-state index is -1.03. The zero-order valence-corrected chi connectivity index (χ0v) is 10.4. The van der Waals surface area contributed by atoms with E-state index in [1.54, 1.807) is 12.1 Å². The predicted octanol–water partition coefficient (Wildman–Crippen LogP) is 2.92. The summed E-state index contributed by atoms with van der Waals surface area (Å²) in [5.41, 5.74) is 0.981. The first kappa shape index (κ1) is 13.7. The van der Waals surface area contributed by atoms with E-state index in [-0.39, 0.29) is 23.5 Å². The molecule has 0 saturated heterocycles. The summed E-state index contributed by atoms with van der Waals surface area (Å²) in [4.78, 5) is 21.3. The standard InChI is InChI=1S/C15H11FO4/c16-13-7-10(8-17)4-5-14(13)20-9-11-2-1-3-12(6-11)15(18)19/h1-8H,9H2,(H,18,19). The van der Waals surface area contributed by atoms with Gasteiger partial charge in [-0.1, -0.05) is 12.1 Å². The maximum absolute atomic E-state index is 13.6. The van der Waals surface area contributed by atoms with Gasteiger partial charge in [0.05, 0.1) is 5.56 Å². The molecule has 0 fully saturated rings. The summed E-state index contributed by atoms with van der Waals surface area (Å²) in [6, 6.07) is 10.1. The van der Waals surface area contributed by atoms with Crippen LogP contribution in [0.4, 0.5) is 4.39 Å². The molecule has 0 aliphatic rings. The fourth-order valence-electron chi connectivity index (χ4n) is 1.66. The highest BCUT2D eigenvalue weighted by atomic mass is 19.1. The molecule has 0 atom stereocenters. The molecule has 2 aromatic carbocycles. The molecule has 0 unspecified atom stereocenters. The first-order valence-corrected chi connectivity index (χ1v) is 5.80. The quantitative estimate of drug-likeness (QED) is 0.851. The number of carbonyl (C=O) groups is 2. The van der Waals surface area contributed by atoms with Crippen LogP contribution in [0.2, 0.25) is 0 Å². The number of hydrogen-bond donors (Lipinski definition) is 1. The van der Waals surface area contributed by atoms with Gasteiger partial charge >= 0.3 is 5.97 Å². The van der Waals surface area contributed by atoms with Crippen LogP contribution < -0.4 is 4.74 Å². The lowest BCUT2D eigenvalue weighted by Crippen LogP contribution is -2.01. The van der Waals surface area contributed by atoms with Crippen molar-refractivity contribution in [3.8, 4) is 5.75 Å². The van der Waals surface area contributed by atoms with Gasteiger partial charge < -0.3 is 9.84 Å². The number of ether oxygens (including phenoxy) is 1. The van der Waals surface area contributed by atoms with Crippen molar-refractivity contribution in [2.45, 2.75) is 6.61 Å². The molecule has 0 aliphatic heterocycles. The van der Waals surface area contributed by atoms with Crippen molar-refractivity contribution in [1.29, 1.82) is 0 Å². The molecule has 102 valence electrons. The van der Waals surface area contributed by atoms with Gasteiger partial charge in [-0.3, -0.25) is 4.79 Å². The van der Waals surface area contributed by atoms with Gasteiger partial charge in [-0.15, -0.1) is 0 Å². The van der Waals surface area contributed by atoms with Crippen molar-refractivity contribution in [3.63, 3.8) is 0 Å². The molecule has 4 nitrogen and oxygen atoms in total. The molecule has 2 rings (SSSR count). The second-order valence-electron chi connectivity index (χ2n) is 4.10. The van der Waals surface area contributed by atoms with Crippen molar-refractivity contribution in [2.75, 3.05) is 0 Å². The molecule has 0 aromatic heterocycles. The Morgan fingerprint density at radius 1 is 1.25 bits per heavy atom. The molecule has 0 saturated carbocycles. The third kappa shape index (κ3) is 3.20. The highest BCUT2D eigenvalue weighted by Crippen LogP contribution is 2.19. The molecule has 0 amide bonds. The van der Waals surface area contributed by atoms with Crippen LogP contribution in [0.15, 0.2) is 42.5 Å². The van der Waals surface area contributed by atoms with E-state index in [1.807, 2.05) is 0 Å². The molecule has 0 heterocycles. The minimum Gasteiger partial charge on any atom is -0.486 e. The third-order valence-corrected chi connectivity index (χ3v) is 2.66. The lowest BCUT2D eigenvalue weighted by molar-refractivity contribution is 0.0696. The van der Waals surface area contributed by atoms with Gasteiger partial charge in [0.25, 0.3) is 0 Å². The Hall–Kier alpha value is -2.69.